The molecule has 1 N–H and O–H groups in total. The molecule has 1 aromatic carbocycles. The van der Waals surface area contributed by atoms with Crippen LogP contribution in [0.25, 0.3) is 10.9 Å². The Bertz CT molecular complexity index is 942. The number of nitrogens with one attached hydrogen (secondary N) is 1. The van der Waals surface area contributed by atoms with Gasteiger partial charge < -0.3 is 24.4 Å². The third-order valence-electron chi connectivity index (χ3n) is 7.49. The maximum absolute atomic E-state index is 6.21. The van der Waals surface area contributed by atoms with Gasteiger partial charge in [0.05, 0.1) is 25.8 Å². The van der Waals surface area contributed by atoms with E-state index in [1.807, 2.05) is 0 Å². The topological polar surface area (TPSA) is 55.8 Å². The number of rotatable bonds is 10. The average molecular weight is 440 g/mol. The molecular formula is C26H37N3O3. The van der Waals surface area contributed by atoms with E-state index >= 15 is 0 Å². The smallest absolute Gasteiger partial charge is 0.163 e. The van der Waals surface area contributed by atoms with Gasteiger partial charge in [-0.1, -0.05) is 6.42 Å². The Hall–Kier alpha value is -2.05. The molecule has 2 heterocycles. The Labute approximate surface area is 191 Å². The van der Waals surface area contributed by atoms with E-state index in [4.69, 9.17) is 19.2 Å². The summed E-state index contributed by atoms with van der Waals surface area (Å²) in [7, 11) is 3.48. The van der Waals surface area contributed by atoms with E-state index in [1.54, 1.807) is 14.2 Å². The van der Waals surface area contributed by atoms with Crippen LogP contribution in [0.4, 0.5) is 5.69 Å². The van der Waals surface area contributed by atoms with Crippen LogP contribution < -0.4 is 14.8 Å². The van der Waals surface area contributed by atoms with E-state index in [1.165, 1.54) is 68.6 Å². The summed E-state index contributed by atoms with van der Waals surface area (Å²) in [5.74, 6) is 2.81. The summed E-state index contributed by atoms with van der Waals surface area (Å²) < 4.78 is 17.3. The molecule has 3 aliphatic rings. The van der Waals surface area contributed by atoms with Gasteiger partial charge in [-0.15, -0.1) is 0 Å². The van der Waals surface area contributed by atoms with Crippen LogP contribution in [0, 0.1) is 0 Å². The van der Waals surface area contributed by atoms with E-state index in [0.29, 0.717) is 25.0 Å². The summed E-state index contributed by atoms with van der Waals surface area (Å²) in [5.41, 5.74) is 4.99. The van der Waals surface area contributed by atoms with Crippen molar-refractivity contribution in [3.05, 3.63) is 23.4 Å². The molecule has 174 valence electrons. The van der Waals surface area contributed by atoms with Gasteiger partial charge in [0.2, 0.25) is 0 Å². The lowest BCUT2D eigenvalue weighted by Crippen LogP contribution is -2.21. The third-order valence-corrected chi connectivity index (χ3v) is 7.49. The van der Waals surface area contributed by atoms with E-state index in [2.05, 4.69) is 22.3 Å². The zero-order chi connectivity index (χ0) is 21.9. The molecule has 2 unspecified atom stereocenters. The fraction of sp³-hybridized carbons (Fsp3) is 0.654. The maximum Gasteiger partial charge on any atom is 0.163 e. The minimum Gasteiger partial charge on any atom is -0.493 e. The Morgan fingerprint density at radius 3 is 2.69 bits per heavy atom. The molecule has 2 aromatic rings. The van der Waals surface area contributed by atoms with E-state index in [-0.39, 0.29) is 0 Å². The molecule has 2 bridgehead atoms. The maximum atomic E-state index is 6.21. The first kappa shape index (κ1) is 21.8. The first-order valence-corrected chi connectivity index (χ1v) is 12.4. The molecule has 1 aliphatic heterocycles. The second kappa shape index (κ2) is 9.84. The number of aromatic nitrogens is 1. The van der Waals surface area contributed by atoms with Crippen LogP contribution in [0.3, 0.4) is 0 Å². The van der Waals surface area contributed by atoms with Gasteiger partial charge in [-0.05, 0) is 63.6 Å². The molecule has 0 radical (unpaired) electrons. The molecule has 0 amide bonds. The Morgan fingerprint density at radius 2 is 1.88 bits per heavy atom. The van der Waals surface area contributed by atoms with Gasteiger partial charge in [-0.2, -0.15) is 0 Å². The predicted octanol–water partition coefficient (Wildman–Crippen LogP) is 4.92. The predicted molar refractivity (Wildman–Crippen MR) is 128 cm³/mol. The lowest BCUT2D eigenvalue weighted by molar-refractivity contribution is 0.211. The van der Waals surface area contributed by atoms with Gasteiger partial charge in [-0.25, -0.2) is 0 Å². The molecular weight excluding hydrogens is 402 g/mol. The van der Waals surface area contributed by atoms with E-state index < -0.39 is 0 Å². The van der Waals surface area contributed by atoms with Gasteiger partial charge in [0.1, 0.15) is 0 Å². The van der Waals surface area contributed by atoms with Crippen LogP contribution in [0.2, 0.25) is 0 Å². The van der Waals surface area contributed by atoms with Crippen molar-refractivity contribution >= 4 is 16.6 Å². The second-order valence-electron chi connectivity index (χ2n) is 9.54. The van der Waals surface area contributed by atoms with Crippen LogP contribution in [0.5, 0.6) is 11.5 Å². The van der Waals surface area contributed by atoms with Gasteiger partial charge in [-0.3, -0.25) is 4.98 Å². The monoisotopic (exact) mass is 439 g/mol. The summed E-state index contributed by atoms with van der Waals surface area (Å²) in [5, 5.41) is 4.82. The van der Waals surface area contributed by atoms with Crippen molar-refractivity contribution in [1.82, 2.24) is 9.88 Å². The van der Waals surface area contributed by atoms with Crippen molar-refractivity contribution in [3.63, 3.8) is 0 Å². The Balaban J connectivity index is 1.44. The zero-order valence-corrected chi connectivity index (χ0v) is 19.6. The van der Waals surface area contributed by atoms with Crippen LogP contribution >= 0.6 is 0 Å². The number of ether oxygens (including phenoxy) is 3. The molecule has 5 rings (SSSR count). The number of hydrogen-bond acceptors (Lipinski definition) is 6. The minimum atomic E-state index is 0.600. The number of likely N-dealkylation sites (tertiary alicyclic amines) is 1. The van der Waals surface area contributed by atoms with E-state index in [0.717, 1.165) is 41.9 Å². The van der Waals surface area contributed by atoms with Crippen molar-refractivity contribution in [2.45, 2.75) is 56.8 Å². The van der Waals surface area contributed by atoms with Crippen molar-refractivity contribution in [1.29, 1.82) is 0 Å². The van der Waals surface area contributed by atoms with Crippen LogP contribution in [0.15, 0.2) is 12.1 Å². The average Bonchev–Trinajstić information content (AvgIpc) is 3.42. The van der Waals surface area contributed by atoms with Gasteiger partial charge in [0.25, 0.3) is 0 Å². The fourth-order valence-electron chi connectivity index (χ4n) is 5.95. The van der Waals surface area contributed by atoms with Gasteiger partial charge >= 0.3 is 0 Å². The SMILES string of the molecule is COCCNc1c2c(nc3cc(OCCCN4CCCC4)c(OC)cc13)C1CCCC2C1. The van der Waals surface area contributed by atoms with E-state index in [9.17, 15) is 0 Å². The summed E-state index contributed by atoms with van der Waals surface area (Å²) >= 11 is 0. The van der Waals surface area contributed by atoms with Crippen LogP contribution in [-0.4, -0.2) is 63.5 Å². The molecule has 1 saturated carbocycles. The quantitative estimate of drug-likeness (QED) is 0.530. The Morgan fingerprint density at radius 1 is 1.03 bits per heavy atom. The molecule has 0 spiro atoms. The van der Waals surface area contributed by atoms with Gasteiger partial charge in [0.15, 0.2) is 11.5 Å². The number of pyridine rings is 1. The second-order valence-corrected chi connectivity index (χ2v) is 9.54. The number of hydrogen-bond donors (Lipinski definition) is 1. The molecule has 1 aromatic heterocycles. The lowest BCUT2D eigenvalue weighted by Gasteiger charge is -2.20. The summed E-state index contributed by atoms with van der Waals surface area (Å²) in [4.78, 5) is 7.73. The number of anilines is 1. The fourth-order valence-corrected chi connectivity index (χ4v) is 5.95. The molecule has 32 heavy (non-hydrogen) atoms. The zero-order valence-electron chi connectivity index (χ0n) is 19.6. The highest BCUT2D eigenvalue weighted by Crippen LogP contribution is 2.54. The molecule has 6 heteroatoms. The molecule has 1 saturated heterocycles. The van der Waals surface area contributed by atoms with Crippen molar-refractivity contribution in [2.75, 3.05) is 58.9 Å². The minimum absolute atomic E-state index is 0.600. The number of benzene rings is 1. The Kier molecular flexibility index (Phi) is 6.69. The lowest BCUT2D eigenvalue weighted by atomic mass is 9.87. The summed E-state index contributed by atoms with van der Waals surface area (Å²) in [6.07, 6.45) is 8.77. The van der Waals surface area contributed by atoms with Crippen LogP contribution in [0.1, 0.15) is 68.0 Å². The number of methoxy groups -OCH3 is 2. The summed E-state index contributed by atoms with van der Waals surface area (Å²) in [6, 6.07) is 4.21. The number of nitrogens with zero attached hydrogens (tertiary/aromatic N) is 2. The standard InChI is InChI=1S/C26H37N3O3/c1-30-14-9-27-26-20-16-22(31-2)23(32-13-6-12-29-10-3-4-11-29)17-21(20)28-25-19-8-5-7-18(15-19)24(25)26/h16-19H,3-15H2,1-2H3,(H,27,28). The van der Waals surface area contributed by atoms with Gasteiger partial charge in [0, 0.05) is 54.5 Å². The highest BCUT2D eigenvalue weighted by molar-refractivity contribution is 5.96. The third kappa shape index (κ3) is 4.27. The van der Waals surface area contributed by atoms with Crippen molar-refractivity contribution < 1.29 is 14.2 Å². The molecule has 2 aliphatic carbocycles. The summed E-state index contributed by atoms with van der Waals surface area (Å²) in [6.45, 7) is 5.74. The highest BCUT2D eigenvalue weighted by Gasteiger charge is 2.38. The highest BCUT2D eigenvalue weighted by atomic mass is 16.5. The molecule has 2 atom stereocenters. The van der Waals surface area contributed by atoms with Crippen molar-refractivity contribution in [3.8, 4) is 11.5 Å². The largest absolute Gasteiger partial charge is 0.493 e. The molecule has 2 fully saturated rings. The van der Waals surface area contributed by atoms with Crippen LogP contribution in [-0.2, 0) is 4.74 Å². The first-order valence-electron chi connectivity index (χ1n) is 12.4. The first-order chi connectivity index (χ1) is 15.8. The van der Waals surface area contributed by atoms with Crippen molar-refractivity contribution in [2.24, 2.45) is 0 Å². The molecule has 6 nitrogen and oxygen atoms in total. The number of fused-ring (bicyclic) bond motifs is 6. The normalized spacial score (nSPS) is 22.3.